The maximum atomic E-state index is 12.3. The summed E-state index contributed by atoms with van der Waals surface area (Å²) in [6, 6.07) is 4.77. The summed E-state index contributed by atoms with van der Waals surface area (Å²) < 4.78 is 16.2. The van der Waals surface area contributed by atoms with Crippen LogP contribution in [0.5, 0.6) is 17.2 Å². The van der Waals surface area contributed by atoms with Crippen molar-refractivity contribution in [3.05, 3.63) is 28.6 Å². The molecule has 1 atom stereocenters. The van der Waals surface area contributed by atoms with Gasteiger partial charge in [0.25, 0.3) is 0 Å². The minimum atomic E-state index is -1.06. The molecule has 0 amide bonds. The predicted octanol–water partition coefficient (Wildman–Crippen LogP) is 3.75. The number of hydrogen-bond donors (Lipinski definition) is 3. The topological polar surface area (TPSA) is 109 Å². The second-order valence-corrected chi connectivity index (χ2v) is 7.17. The molecule has 1 unspecified atom stereocenters. The average molecular weight is 408 g/mol. The maximum absolute atomic E-state index is 12.3. The van der Waals surface area contributed by atoms with E-state index in [9.17, 15) is 15.0 Å². The SMILES string of the molecule is CCCCCCCCCCOc1c(O)c2cccc(OCC(O)CO)c2oc1=O. The lowest BCUT2D eigenvalue weighted by Gasteiger charge is -2.13. The number of para-hydroxylation sites is 1. The average Bonchev–Trinajstić information content (AvgIpc) is 2.72. The first-order valence-electron chi connectivity index (χ1n) is 10.4. The zero-order valence-corrected chi connectivity index (χ0v) is 17.1. The van der Waals surface area contributed by atoms with Crippen LogP contribution < -0.4 is 15.1 Å². The smallest absolute Gasteiger partial charge is 0.383 e. The van der Waals surface area contributed by atoms with Crippen LogP contribution in [0.15, 0.2) is 27.4 Å². The molecule has 0 saturated carbocycles. The predicted molar refractivity (Wildman–Crippen MR) is 111 cm³/mol. The fraction of sp³-hybridized carbons (Fsp3) is 0.591. The molecule has 2 rings (SSSR count). The summed E-state index contributed by atoms with van der Waals surface area (Å²) in [7, 11) is 0. The van der Waals surface area contributed by atoms with E-state index in [-0.39, 0.29) is 34.8 Å². The molecule has 0 aliphatic carbocycles. The summed E-state index contributed by atoms with van der Waals surface area (Å²) in [6.45, 7) is 1.91. The van der Waals surface area contributed by atoms with Gasteiger partial charge in [-0.15, -0.1) is 0 Å². The van der Waals surface area contributed by atoms with Gasteiger partial charge < -0.3 is 29.2 Å². The van der Waals surface area contributed by atoms with Crippen LogP contribution in [0.3, 0.4) is 0 Å². The second-order valence-electron chi connectivity index (χ2n) is 7.17. The van der Waals surface area contributed by atoms with Crippen LogP contribution in [-0.4, -0.2) is 41.2 Å². The fourth-order valence-corrected chi connectivity index (χ4v) is 3.06. The van der Waals surface area contributed by atoms with Crippen LogP contribution >= 0.6 is 0 Å². The first-order chi connectivity index (χ1) is 14.1. The summed E-state index contributed by atoms with van der Waals surface area (Å²) in [4.78, 5) is 12.3. The summed E-state index contributed by atoms with van der Waals surface area (Å²) in [5.74, 6) is -0.297. The molecule has 1 aromatic carbocycles. The largest absolute Gasteiger partial charge is 0.504 e. The monoisotopic (exact) mass is 408 g/mol. The lowest BCUT2D eigenvalue weighted by Crippen LogP contribution is -2.21. The standard InChI is InChI=1S/C22H32O7/c1-2-3-4-5-6-7-8-9-13-27-21-19(25)17-11-10-12-18(20(17)29-22(21)26)28-15-16(24)14-23/h10-12,16,23-25H,2-9,13-15H2,1H3. The van der Waals surface area contributed by atoms with Gasteiger partial charge in [0.05, 0.1) is 18.6 Å². The Kier molecular flexibility index (Phi) is 9.80. The van der Waals surface area contributed by atoms with Crippen LogP contribution in [0.4, 0.5) is 0 Å². The van der Waals surface area contributed by atoms with Crippen molar-refractivity contribution in [2.75, 3.05) is 19.8 Å². The van der Waals surface area contributed by atoms with Gasteiger partial charge in [0.1, 0.15) is 12.7 Å². The van der Waals surface area contributed by atoms with E-state index in [0.717, 1.165) is 19.3 Å². The molecule has 0 aliphatic rings. The fourth-order valence-electron chi connectivity index (χ4n) is 3.06. The van der Waals surface area contributed by atoms with E-state index >= 15 is 0 Å². The van der Waals surface area contributed by atoms with Gasteiger partial charge in [-0.3, -0.25) is 0 Å². The van der Waals surface area contributed by atoms with Crippen molar-refractivity contribution >= 4 is 11.0 Å². The zero-order chi connectivity index (χ0) is 21.1. The van der Waals surface area contributed by atoms with Gasteiger partial charge in [0.2, 0.25) is 5.75 Å². The van der Waals surface area contributed by atoms with Crippen molar-refractivity contribution in [2.24, 2.45) is 0 Å². The molecular formula is C22H32O7. The van der Waals surface area contributed by atoms with Crippen molar-refractivity contribution in [3.8, 4) is 17.2 Å². The van der Waals surface area contributed by atoms with E-state index in [2.05, 4.69) is 6.92 Å². The number of rotatable bonds is 14. The number of unbranched alkanes of at least 4 members (excludes halogenated alkanes) is 7. The van der Waals surface area contributed by atoms with Crippen molar-refractivity contribution in [2.45, 2.75) is 64.4 Å². The Labute approximate surface area is 170 Å². The van der Waals surface area contributed by atoms with Crippen molar-refractivity contribution < 1.29 is 29.2 Å². The Bertz CT molecular complexity index is 800. The highest BCUT2D eigenvalue weighted by atomic mass is 16.5. The molecule has 29 heavy (non-hydrogen) atoms. The molecule has 1 aromatic heterocycles. The molecule has 0 spiro atoms. The Balaban J connectivity index is 1.94. The number of benzene rings is 1. The molecule has 1 heterocycles. The number of ether oxygens (including phenoxy) is 2. The number of aliphatic hydroxyl groups is 2. The Hall–Kier alpha value is -2.25. The first-order valence-corrected chi connectivity index (χ1v) is 10.4. The van der Waals surface area contributed by atoms with Gasteiger partial charge in [0, 0.05) is 0 Å². The third-order valence-corrected chi connectivity index (χ3v) is 4.72. The lowest BCUT2D eigenvalue weighted by atomic mass is 10.1. The molecule has 0 radical (unpaired) electrons. The molecule has 162 valence electrons. The Morgan fingerprint density at radius 3 is 2.41 bits per heavy atom. The summed E-state index contributed by atoms with van der Waals surface area (Å²) in [5.41, 5.74) is -0.715. The molecule has 0 saturated heterocycles. The number of hydrogen-bond acceptors (Lipinski definition) is 7. The molecule has 3 N–H and O–H groups in total. The normalized spacial score (nSPS) is 12.2. The van der Waals surface area contributed by atoms with E-state index < -0.39 is 18.3 Å². The van der Waals surface area contributed by atoms with Gasteiger partial charge >= 0.3 is 5.63 Å². The molecule has 0 bridgehead atoms. The quantitative estimate of drug-likeness (QED) is 0.323. The van der Waals surface area contributed by atoms with Crippen molar-refractivity contribution in [1.82, 2.24) is 0 Å². The van der Waals surface area contributed by atoms with Crippen LogP contribution in [0, 0.1) is 0 Å². The minimum Gasteiger partial charge on any atom is -0.504 e. The van der Waals surface area contributed by atoms with Gasteiger partial charge in [-0.05, 0) is 18.6 Å². The second kappa shape index (κ2) is 12.3. The van der Waals surface area contributed by atoms with Crippen molar-refractivity contribution in [1.29, 1.82) is 0 Å². The highest BCUT2D eigenvalue weighted by Crippen LogP contribution is 2.35. The van der Waals surface area contributed by atoms with E-state index in [1.807, 2.05) is 0 Å². The van der Waals surface area contributed by atoms with Crippen LogP contribution in [0.2, 0.25) is 0 Å². The van der Waals surface area contributed by atoms with Gasteiger partial charge in [-0.25, -0.2) is 4.79 Å². The van der Waals surface area contributed by atoms with Crippen molar-refractivity contribution in [3.63, 3.8) is 0 Å². The molecular weight excluding hydrogens is 376 g/mol. The molecule has 0 fully saturated rings. The Morgan fingerprint density at radius 1 is 1.03 bits per heavy atom. The highest BCUT2D eigenvalue weighted by Gasteiger charge is 2.18. The minimum absolute atomic E-state index is 0.0690. The van der Waals surface area contributed by atoms with Gasteiger partial charge in [0.15, 0.2) is 17.1 Å². The third kappa shape index (κ3) is 6.94. The maximum Gasteiger partial charge on any atom is 0.383 e. The third-order valence-electron chi connectivity index (χ3n) is 4.72. The summed E-state index contributed by atoms with van der Waals surface area (Å²) in [5, 5.41) is 29.1. The van der Waals surface area contributed by atoms with E-state index in [0.29, 0.717) is 6.61 Å². The van der Waals surface area contributed by atoms with Crippen LogP contribution in [-0.2, 0) is 0 Å². The molecule has 0 aliphatic heterocycles. The van der Waals surface area contributed by atoms with E-state index in [4.69, 9.17) is 19.0 Å². The molecule has 7 nitrogen and oxygen atoms in total. The lowest BCUT2D eigenvalue weighted by molar-refractivity contribution is 0.0537. The number of fused-ring (bicyclic) bond motifs is 1. The van der Waals surface area contributed by atoms with E-state index in [1.165, 1.54) is 32.1 Å². The summed E-state index contributed by atoms with van der Waals surface area (Å²) >= 11 is 0. The van der Waals surface area contributed by atoms with Crippen LogP contribution in [0.25, 0.3) is 11.0 Å². The highest BCUT2D eigenvalue weighted by molar-refractivity contribution is 5.89. The van der Waals surface area contributed by atoms with Gasteiger partial charge in [-0.1, -0.05) is 57.9 Å². The summed E-state index contributed by atoms with van der Waals surface area (Å²) in [6.07, 6.45) is 8.15. The molecule has 2 aromatic rings. The Morgan fingerprint density at radius 2 is 1.72 bits per heavy atom. The van der Waals surface area contributed by atoms with E-state index in [1.54, 1.807) is 18.2 Å². The number of aromatic hydroxyl groups is 1. The zero-order valence-electron chi connectivity index (χ0n) is 17.1. The van der Waals surface area contributed by atoms with Crippen LogP contribution in [0.1, 0.15) is 58.3 Å². The number of aliphatic hydroxyl groups excluding tert-OH is 2. The first kappa shape index (κ1) is 23.0. The molecule has 7 heteroatoms. The van der Waals surface area contributed by atoms with Gasteiger partial charge in [-0.2, -0.15) is 0 Å².